The van der Waals surface area contributed by atoms with E-state index in [2.05, 4.69) is 16.0 Å². The summed E-state index contributed by atoms with van der Waals surface area (Å²) in [5.74, 6) is -1.37. The van der Waals surface area contributed by atoms with Gasteiger partial charge in [0, 0.05) is 6.54 Å². The number of benzene rings is 1. The molecule has 0 radical (unpaired) electrons. The van der Waals surface area contributed by atoms with Crippen LogP contribution in [0.2, 0.25) is 0 Å². The molecule has 0 aromatic heterocycles. The van der Waals surface area contributed by atoms with E-state index in [0.717, 1.165) is 18.4 Å². The molecule has 0 spiro atoms. The van der Waals surface area contributed by atoms with Crippen molar-refractivity contribution in [1.82, 2.24) is 16.0 Å². The molecule has 10 nitrogen and oxygen atoms in total. The number of carbonyl (C=O) groups excluding carboxylic acids is 4. The summed E-state index contributed by atoms with van der Waals surface area (Å²) in [6.07, 6.45) is 3.80. The van der Waals surface area contributed by atoms with Gasteiger partial charge >= 0.3 is 12.1 Å². The van der Waals surface area contributed by atoms with Crippen molar-refractivity contribution in [2.45, 2.75) is 76.1 Å². The van der Waals surface area contributed by atoms with Crippen molar-refractivity contribution >= 4 is 23.9 Å². The molecule has 1 aliphatic carbocycles. The lowest BCUT2D eigenvalue weighted by molar-refractivity contribution is -0.151. The molecule has 0 aliphatic heterocycles. The van der Waals surface area contributed by atoms with Gasteiger partial charge in [-0.25, -0.2) is 9.59 Å². The predicted molar refractivity (Wildman–Crippen MR) is 125 cm³/mol. The average Bonchev–Trinajstić information content (AvgIpc) is 3.31. The van der Waals surface area contributed by atoms with Gasteiger partial charge in [-0.05, 0) is 44.6 Å². The van der Waals surface area contributed by atoms with Crippen molar-refractivity contribution in [3.8, 4) is 0 Å². The monoisotopic (exact) mass is 476 g/mol. The predicted octanol–water partition coefficient (Wildman–Crippen LogP) is 1.52. The highest BCUT2D eigenvalue weighted by atomic mass is 16.5. The minimum Gasteiger partial charge on any atom is -0.467 e. The summed E-state index contributed by atoms with van der Waals surface area (Å²) in [5.41, 5.74) is 5.83. The quantitative estimate of drug-likeness (QED) is 0.264. The summed E-state index contributed by atoms with van der Waals surface area (Å²) in [7, 11) is 1.29. The summed E-state index contributed by atoms with van der Waals surface area (Å²) >= 11 is 0. The first-order valence-electron chi connectivity index (χ1n) is 11.7. The number of hydrogen-bond acceptors (Lipinski definition) is 7. The Labute approximate surface area is 200 Å². The SMILES string of the molecule is COC(=O)C1(NC(=O)[C@H](C)NC(=O)[C@@H](N)CCCCNC(=O)OCc2ccccc2)CCCC1. The first kappa shape index (κ1) is 27.1. The zero-order valence-electron chi connectivity index (χ0n) is 19.9. The Morgan fingerprint density at radius 2 is 1.74 bits per heavy atom. The maximum atomic E-state index is 12.6. The minimum atomic E-state index is -1.03. The first-order valence-corrected chi connectivity index (χ1v) is 11.7. The van der Waals surface area contributed by atoms with Crippen LogP contribution in [0.25, 0.3) is 0 Å². The second kappa shape index (κ2) is 13.5. The molecule has 1 fully saturated rings. The minimum absolute atomic E-state index is 0.199. The molecule has 1 aromatic rings. The number of hydrogen-bond donors (Lipinski definition) is 4. The van der Waals surface area contributed by atoms with Gasteiger partial charge in [-0.3, -0.25) is 9.59 Å². The highest BCUT2D eigenvalue weighted by Crippen LogP contribution is 2.30. The number of nitrogens with one attached hydrogen (secondary N) is 3. The molecule has 3 amide bonds. The summed E-state index contributed by atoms with van der Waals surface area (Å²) in [6, 6.07) is 7.74. The van der Waals surface area contributed by atoms with Gasteiger partial charge in [0.05, 0.1) is 13.2 Å². The number of carbonyl (C=O) groups is 4. The maximum absolute atomic E-state index is 12.6. The van der Waals surface area contributed by atoms with Gasteiger partial charge in [-0.2, -0.15) is 0 Å². The van der Waals surface area contributed by atoms with Gasteiger partial charge in [-0.1, -0.05) is 43.2 Å². The van der Waals surface area contributed by atoms with E-state index in [4.69, 9.17) is 15.2 Å². The molecule has 10 heteroatoms. The Morgan fingerprint density at radius 1 is 1.06 bits per heavy atom. The van der Waals surface area contributed by atoms with Crippen LogP contribution in [-0.4, -0.2) is 55.2 Å². The first-order chi connectivity index (χ1) is 16.3. The molecule has 1 aliphatic rings. The molecule has 34 heavy (non-hydrogen) atoms. The zero-order chi connectivity index (χ0) is 25.0. The van der Waals surface area contributed by atoms with Gasteiger partial charge in [0.2, 0.25) is 11.8 Å². The highest BCUT2D eigenvalue weighted by Gasteiger charge is 2.44. The highest BCUT2D eigenvalue weighted by molar-refractivity contribution is 5.93. The topological polar surface area (TPSA) is 149 Å². The number of rotatable bonds is 12. The second-order valence-electron chi connectivity index (χ2n) is 8.59. The molecular formula is C24H36N4O6. The molecule has 0 unspecified atom stereocenters. The van der Waals surface area contributed by atoms with E-state index in [-0.39, 0.29) is 6.61 Å². The Hall–Kier alpha value is -3.14. The fraction of sp³-hybridized carbons (Fsp3) is 0.583. The summed E-state index contributed by atoms with van der Waals surface area (Å²) in [6.45, 7) is 2.14. The number of esters is 1. The Kier molecular flexibility index (Phi) is 10.8. The van der Waals surface area contributed by atoms with Crippen molar-refractivity contribution < 1.29 is 28.7 Å². The number of ether oxygens (including phenoxy) is 2. The van der Waals surface area contributed by atoms with Crippen LogP contribution in [0.3, 0.4) is 0 Å². The summed E-state index contributed by atoms with van der Waals surface area (Å²) in [5, 5.41) is 8.02. The van der Waals surface area contributed by atoms with Gasteiger partial charge in [0.25, 0.3) is 0 Å². The maximum Gasteiger partial charge on any atom is 0.407 e. The van der Waals surface area contributed by atoms with Crippen molar-refractivity contribution in [3.05, 3.63) is 35.9 Å². The third-order valence-corrected chi connectivity index (χ3v) is 5.91. The van der Waals surface area contributed by atoms with Crippen molar-refractivity contribution in [3.63, 3.8) is 0 Å². The van der Waals surface area contributed by atoms with Crippen LogP contribution in [0.4, 0.5) is 4.79 Å². The van der Waals surface area contributed by atoms with Gasteiger partial charge in [-0.15, -0.1) is 0 Å². The molecule has 0 heterocycles. The Morgan fingerprint density at radius 3 is 2.38 bits per heavy atom. The van der Waals surface area contributed by atoms with E-state index in [0.29, 0.717) is 38.6 Å². The standard InChI is InChI=1S/C24H36N4O6/c1-17(20(29)28-24(22(31)33-2)13-7-8-14-24)27-21(30)19(25)12-6-9-15-26-23(32)34-16-18-10-4-3-5-11-18/h3-5,10-11,17,19H,6-9,12-16,25H2,1-2H3,(H,26,32)(H,27,30)(H,28,29)/t17-,19-/m0/s1. The van der Waals surface area contributed by atoms with Crippen LogP contribution in [0.5, 0.6) is 0 Å². The molecule has 1 saturated carbocycles. The van der Waals surface area contributed by atoms with E-state index >= 15 is 0 Å². The lowest BCUT2D eigenvalue weighted by atomic mass is 9.97. The van der Waals surface area contributed by atoms with E-state index in [9.17, 15) is 19.2 Å². The smallest absolute Gasteiger partial charge is 0.407 e. The molecule has 2 atom stereocenters. The molecule has 5 N–H and O–H groups in total. The third-order valence-electron chi connectivity index (χ3n) is 5.91. The summed E-state index contributed by atoms with van der Waals surface area (Å²) < 4.78 is 9.99. The van der Waals surface area contributed by atoms with Gasteiger partial charge in [0.15, 0.2) is 0 Å². The number of unbranched alkanes of at least 4 members (excludes halogenated alkanes) is 1. The summed E-state index contributed by atoms with van der Waals surface area (Å²) in [4.78, 5) is 48.8. The van der Waals surface area contributed by atoms with Crippen molar-refractivity contribution in [2.75, 3.05) is 13.7 Å². The van der Waals surface area contributed by atoms with Crippen LogP contribution >= 0.6 is 0 Å². The van der Waals surface area contributed by atoms with Crippen LogP contribution in [0, 0.1) is 0 Å². The fourth-order valence-corrected chi connectivity index (χ4v) is 3.87. The molecule has 0 saturated heterocycles. The van der Waals surface area contributed by atoms with E-state index in [1.54, 1.807) is 6.92 Å². The number of amides is 3. The fourth-order valence-electron chi connectivity index (χ4n) is 3.87. The Balaban J connectivity index is 1.63. The van der Waals surface area contributed by atoms with Gasteiger partial charge < -0.3 is 31.2 Å². The average molecular weight is 477 g/mol. The van der Waals surface area contributed by atoms with Crippen molar-refractivity contribution in [1.29, 1.82) is 0 Å². The zero-order valence-corrected chi connectivity index (χ0v) is 19.9. The number of alkyl carbamates (subject to hydrolysis) is 1. The van der Waals surface area contributed by atoms with E-state index in [1.165, 1.54) is 7.11 Å². The number of nitrogens with two attached hydrogens (primary N) is 1. The van der Waals surface area contributed by atoms with E-state index < -0.39 is 41.5 Å². The van der Waals surface area contributed by atoms with Crippen LogP contribution < -0.4 is 21.7 Å². The molecule has 2 rings (SSSR count). The van der Waals surface area contributed by atoms with Crippen LogP contribution in [0.15, 0.2) is 30.3 Å². The molecule has 1 aromatic carbocycles. The van der Waals surface area contributed by atoms with Crippen LogP contribution in [-0.2, 0) is 30.5 Å². The van der Waals surface area contributed by atoms with E-state index in [1.807, 2.05) is 30.3 Å². The molecular weight excluding hydrogens is 440 g/mol. The lowest BCUT2D eigenvalue weighted by Gasteiger charge is -2.29. The second-order valence-corrected chi connectivity index (χ2v) is 8.59. The lowest BCUT2D eigenvalue weighted by Crippen LogP contribution is -2.58. The normalized spacial score (nSPS) is 16.1. The largest absolute Gasteiger partial charge is 0.467 e. The molecule has 0 bridgehead atoms. The molecule has 188 valence electrons. The third kappa shape index (κ3) is 8.33. The Bertz CT molecular complexity index is 826. The number of methoxy groups -OCH3 is 1. The van der Waals surface area contributed by atoms with Gasteiger partial charge in [0.1, 0.15) is 18.2 Å². The van der Waals surface area contributed by atoms with Crippen molar-refractivity contribution in [2.24, 2.45) is 5.73 Å². The van der Waals surface area contributed by atoms with Crippen LogP contribution in [0.1, 0.15) is 57.4 Å².